The molecule has 0 aliphatic carbocycles. The van der Waals surface area contributed by atoms with Crippen molar-refractivity contribution in [1.82, 2.24) is 0 Å². The summed E-state index contributed by atoms with van der Waals surface area (Å²) in [7, 11) is 1.53. The first-order valence-electron chi connectivity index (χ1n) is 4.85. The number of nitro groups is 1. The third-order valence-electron chi connectivity index (χ3n) is 2.22. The molecule has 1 rings (SSSR count). The standard InChI is InChI=1S/C10H12BrFN2O3/c1-6(17-2)5-13-9-4-8(12)7(11)3-10(9)14(15)16/h3-4,6,13H,5H2,1-2H3. The first kappa shape index (κ1) is 13.9. The molecule has 7 heteroatoms. The van der Waals surface area contributed by atoms with E-state index in [1.807, 2.05) is 0 Å². The molecule has 1 unspecified atom stereocenters. The summed E-state index contributed by atoms with van der Waals surface area (Å²) in [6, 6.07) is 2.22. The van der Waals surface area contributed by atoms with Crippen LogP contribution in [0.2, 0.25) is 0 Å². The van der Waals surface area contributed by atoms with Crippen LogP contribution in [0.3, 0.4) is 0 Å². The highest BCUT2D eigenvalue weighted by Crippen LogP contribution is 2.30. The molecule has 0 fully saturated rings. The van der Waals surface area contributed by atoms with Gasteiger partial charge in [-0.05, 0) is 22.9 Å². The number of nitrogens with zero attached hydrogens (tertiary/aromatic N) is 1. The third-order valence-corrected chi connectivity index (χ3v) is 2.83. The van der Waals surface area contributed by atoms with E-state index < -0.39 is 10.7 Å². The van der Waals surface area contributed by atoms with Crippen LogP contribution in [0.15, 0.2) is 16.6 Å². The molecule has 0 heterocycles. The maximum Gasteiger partial charge on any atom is 0.293 e. The van der Waals surface area contributed by atoms with Crippen LogP contribution in [0.1, 0.15) is 6.92 Å². The Kier molecular flexibility index (Phi) is 4.83. The number of rotatable bonds is 5. The highest BCUT2D eigenvalue weighted by atomic mass is 79.9. The highest BCUT2D eigenvalue weighted by Gasteiger charge is 2.17. The molecule has 0 aliphatic rings. The minimum absolute atomic E-state index is 0.0644. The van der Waals surface area contributed by atoms with Gasteiger partial charge in [0.05, 0.1) is 15.5 Å². The van der Waals surface area contributed by atoms with Crippen molar-refractivity contribution in [3.05, 3.63) is 32.5 Å². The topological polar surface area (TPSA) is 64.4 Å². The second kappa shape index (κ2) is 5.92. The van der Waals surface area contributed by atoms with Gasteiger partial charge in [-0.1, -0.05) is 0 Å². The number of benzene rings is 1. The lowest BCUT2D eigenvalue weighted by Gasteiger charge is -2.12. The van der Waals surface area contributed by atoms with Crippen LogP contribution in [0.25, 0.3) is 0 Å². The monoisotopic (exact) mass is 306 g/mol. The quantitative estimate of drug-likeness (QED) is 0.671. The lowest BCUT2D eigenvalue weighted by molar-refractivity contribution is -0.384. The predicted octanol–water partition coefficient (Wildman–Crippen LogP) is 2.94. The van der Waals surface area contributed by atoms with Crippen molar-refractivity contribution in [3.63, 3.8) is 0 Å². The Morgan fingerprint density at radius 1 is 1.65 bits per heavy atom. The predicted molar refractivity (Wildman–Crippen MR) is 65.7 cm³/mol. The van der Waals surface area contributed by atoms with Crippen LogP contribution in [0.5, 0.6) is 0 Å². The molecular weight excluding hydrogens is 295 g/mol. The molecule has 94 valence electrons. The Morgan fingerprint density at radius 3 is 2.82 bits per heavy atom. The van der Waals surface area contributed by atoms with E-state index >= 15 is 0 Å². The minimum atomic E-state index is -0.565. The summed E-state index contributed by atoms with van der Waals surface area (Å²) >= 11 is 2.91. The molecule has 0 radical (unpaired) electrons. The normalized spacial score (nSPS) is 12.2. The second-order valence-corrected chi connectivity index (χ2v) is 4.32. The summed E-state index contributed by atoms with van der Waals surface area (Å²) in [5.41, 5.74) is -0.0406. The number of methoxy groups -OCH3 is 1. The summed E-state index contributed by atoms with van der Waals surface area (Å²) in [6.45, 7) is 2.16. The number of anilines is 1. The van der Waals surface area contributed by atoms with E-state index in [0.717, 1.165) is 12.1 Å². The molecule has 0 spiro atoms. The summed E-state index contributed by atoms with van der Waals surface area (Å²) in [4.78, 5) is 10.2. The van der Waals surface area contributed by atoms with Gasteiger partial charge in [-0.2, -0.15) is 0 Å². The molecule has 0 saturated carbocycles. The van der Waals surface area contributed by atoms with Gasteiger partial charge in [-0.25, -0.2) is 4.39 Å². The highest BCUT2D eigenvalue weighted by molar-refractivity contribution is 9.10. The number of hydrogen-bond donors (Lipinski definition) is 1. The lowest BCUT2D eigenvalue weighted by atomic mass is 10.2. The average Bonchev–Trinajstić information content (AvgIpc) is 2.29. The summed E-state index contributed by atoms with van der Waals surface area (Å²) < 4.78 is 18.3. The Balaban J connectivity index is 2.96. The van der Waals surface area contributed by atoms with Crippen LogP contribution in [0, 0.1) is 15.9 Å². The lowest BCUT2D eigenvalue weighted by Crippen LogP contribution is -2.18. The SMILES string of the molecule is COC(C)CNc1cc(F)c(Br)cc1[N+](=O)[O-]. The average molecular weight is 307 g/mol. The number of nitro benzene ring substituents is 1. The van der Waals surface area contributed by atoms with Crippen molar-refractivity contribution in [2.75, 3.05) is 19.0 Å². The molecule has 1 atom stereocenters. The van der Waals surface area contributed by atoms with E-state index in [4.69, 9.17) is 4.74 Å². The van der Waals surface area contributed by atoms with Gasteiger partial charge < -0.3 is 10.1 Å². The fourth-order valence-electron chi connectivity index (χ4n) is 1.17. The van der Waals surface area contributed by atoms with Gasteiger partial charge in [0.15, 0.2) is 0 Å². The Labute approximate surface area is 106 Å². The van der Waals surface area contributed by atoms with Gasteiger partial charge in [0, 0.05) is 25.8 Å². The van der Waals surface area contributed by atoms with Gasteiger partial charge in [-0.15, -0.1) is 0 Å². The number of halogens is 2. The maximum atomic E-state index is 13.3. The number of nitrogens with one attached hydrogen (secondary N) is 1. The first-order valence-corrected chi connectivity index (χ1v) is 5.65. The summed E-state index contributed by atoms with van der Waals surface area (Å²) in [5, 5.41) is 13.6. The van der Waals surface area contributed by atoms with Crippen molar-refractivity contribution in [1.29, 1.82) is 0 Å². The second-order valence-electron chi connectivity index (χ2n) is 3.47. The van der Waals surface area contributed by atoms with E-state index in [-0.39, 0.29) is 22.0 Å². The van der Waals surface area contributed by atoms with Gasteiger partial charge in [0.25, 0.3) is 5.69 Å². The van der Waals surface area contributed by atoms with E-state index in [0.29, 0.717) is 6.54 Å². The van der Waals surface area contributed by atoms with E-state index in [1.165, 1.54) is 7.11 Å². The minimum Gasteiger partial charge on any atom is -0.380 e. The fraction of sp³-hybridized carbons (Fsp3) is 0.400. The number of hydrogen-bond acceptors (Lipinski definition) is 4. The Bertz CT molecular complexity index is 428. The summed E-state index contributed by atoms with van der Waals surface area (Å²) in [5.74, 6) is -0.553. The van der Waals surface area contributed by atoms with Crippen molar-refractivity contribution < 1.29 is 14.1 Å². The molecule has 5 nitrogen and oxygen atoms in total. The molecule has 1 aromatic rings. The van der Waals surface area contributed by atoms with Crippen molar-refractivity contribution >= 4 is 27.3 Å². The molecular formula is C10H12BrFN2O3. The molecule has 0 aliphatic heterocycles. The van der Waals surface area contributed by atoms with Crippen molar-refractivity contribution in [2.45, 2.75) is 13.0 Å². The van der Waals surface area contributed by atoms with Gasteiger partial charge in [0.1, 0.15) is 11.5 Å². The van der Waals surface area contributed by atoms with Crippen LogP contribution in [0.4, 0.5) is 15.8 Å². The molecule has 1 aromatic carbocycles. The maximum absolute atomic E-state index is 13.3. The van der Waals surface area contributed by atoms with E-state index in [1.54, 1.807) is 6.92 Å². The third kappa shape index (κ3) is 3.64. The molecule has 0 amide bonds. The molecule has 0 saturated heterocycles. The summed E-state index contributed by atoms with van der Waals surface area (Å²) in [6.07, 6.45) is -0.124. The molecule has 17 heavy (non-hydrogen) atoms. The zero-order valence-electron chi connectivity index (χ0n) is 9.37. The van der Waals surface area contributed by atoms with Crippen LogP contribution < -0.4 is 5.32 Å². The van der Waals surface area contributed by atoms with Crippen LogP contribution in [-0.2, 0) is 4.74 Å². The zero-order chi connectivity index (χ0) is 13.0. The van der Waals surface area contributed by atoms with E-state index in [9.17, 15) is 14.5 Å². The molecule has 1 N–H and O–H groups in total. The van der Waals surface area contributed by atoms with Crippen molar-refractivity contribution in [3.8, 4) is 0 Å². The Morgan fingerprint density at radius 2 is 2.29 bits per heavy atom. The Hall–Kier alpha value is -1.21. The van der Waals surface area contributed by atoms with E-state index in [2.05, 4.69) is 21.2 Å². The molecule has 0 aromatic heterocycles. The number of ether oxygens (including phenoxy) is 1. The largest absolute Gasteiger partial charge is 0.380 e. The zero-order valence-corrected chi connectivity index (χ0v) is 11.0. The van der Waals surface area contributed by atoms with Gasteiger partial charge >= 0.3 is 0 Å². The fourth-order valence-corrected chi connectivity index (χ4v) is 1.50. The van der Waals surface area contributed by atoms with Crippen LogP contribution in [-0.4, -0.2) is 24.7 Å². The molecule has 0 bridgehead atoms. The van der Waals surface area contributed by atoms with Crippen molar-refractivity contribution in [2.24, 2.45) is 0 Å². The van der Waals surface area contributed by atoms with Gasteiger partial charge in [-0.3, -0.25) is 10.1 Å². The van der Waals surface area contributed by atoms with Gasteiger partial charge in [0.2, 0.25) is 0 Å². The first-order chi connectivity index (χ1) is 7.95. The van der Waals surface area contributed by atoms with Crippen LogP contribution >= 0.6 is 15.9 Å². The smallest absolute Gasteiger partial charge is 0.293 e.